The second-order valence-corrected chi connectivity index (χ2v) is 3.50. The molecule has 1 fully saturated rings. The molecule has 7 nitrogen and oxygen atoms in total. The van der Waals surface area contributed by atoms with Gasteiger partial charge < -0.3 is 10.2 Å². The number of hydroxylamine groups is 2. The van der Waals surface area contributed by atoms with Crippen LogP contribution in [0.25, 0.3) is 0 Å². The molecular formula is C9H13BN2O5. The number of hydrogen-bond acceptors (Lipinski definition) is 5. The van der Waals surface area contributed by atoms with Gasteiger partial charge >= 0.3 is 5.97 Å². The largest absolute Gasteiger partial charge is 0.356 e. The van der Waals surface area contributed by atoms with Crippen LogP contribution in [0.3, 0.4) is 0 Å². The molecule has 0 radical (unpaired) electrons. The van der Waals surface area contributed by atoms with Crippen molar-refractivity contribution in [2.75, 3.05) is 6.54 Å². The standard InChI is InChI=1S/C9H13BN2O5/c10-5-6(13)11-4-3-9(16)17-12-7(14)1-2-8(12)15/h1-5,10H2,(H,11,13). The van der Waals surface area contributed by atoms with Gasteiger partial charge in [0.15, 0.2) is 0 Å². The summed E-state index contributed by atoms with van der Waals surface area (Å²) in [5, 5.41) is 2.97. The van der Waals surface area contributed by atoms with E-state index in [1.165, 1.54) is 0 Å². The lowest BCUT2D eigenvalue weighted by Crippen LogP contribution is -2.33. The first-order valence-corrected chi connectivity index (χ1v) is 5.38. The minimum absolute atomic E-state index is 0.0681. The highest BCUT2D eigenvalue weighted by atomic mass is 16.7. The lowest BCUT2D eigenvalue weighted by molar-refractivity contribution is -0.197. The highest BCUT2D eigenvalue weighted by Gasteiger charge is 2.32. The molecule has 3 amide bonds. The number of hydrogen-bond donors (Lipinski definition) is 1. The first-order chi connectivity index (χ1) is 8.04. The van der Waals surface area contributed by atoms with Crippen molar-refractivity contribution in [3.8, 4) is 0 Å². The maximum absolute atomic E-state index is 11.2. The van der Waals surface area contributed by atoms with Gasteiger partial charge in [-0.3, -0.25) is 14.4 Å². The zero-order valence-corrected chi connectivity index (χ0v) is 9.52. The van der Waals surface area contributed by atoms with Gasteiger partial charge in [0.2, 0.25) is 5.91 Å². The van der Waals surface area contributed by atoms with Gasteiger partial charge in [-0.05, 0) is 6.32 Å². The van der Waals surface area contributed by atoms with Gasteiger partial charge in [-0.15, -0.1) is 5.06 Å². The van der Waals surface area contributed by atoms with Crippen LogP contribution in [0.4, 0.5) is 0 Å². The van der Waals surface area contributed by atoms with E-state index in [2.05, 4.69) is 10.2 Å². The fourth-order valence-electron chi connectivity index (χ4n) is 1.23. The third kappa shape index (κ3) is 3.89. The van der Waals surface area contributed by atoms with Gasteiger partial charge in [0.1, 0.15) is 7.85 Å². The van der Waals surface area contributed by atoms with Crippen LogP contribution < -0.4 is 5.32 Å². The summed E-state index contributed by atoms with van der Waals surface area (Å²) in [6.07, 6.45) is 0.387. The van der Waals surface area contributed by atoms with E-state index in [4.69, 9.17) is 0 Å². The summed E-state index contributed by atoms with van der Waals surface area (Å²) >= 11 is 0. The molecule has 0 saturated carbocycles. The number of nitrogens with zero attached hydrogens (tertiary/aromatic N) is 1. The van der Waals surface area contributed by atoms with E-state index in [1.807, 2.05) is 0 Å². The van der Waals surface area contributed by atoms with Gasteiger partial charge in [-0.25, -0.2) is 4.79 Å². The summed E-state index contributed by atoms with van der Waals surface area (Å²) < 4.78 is 0. The fraction of sp³-hybridized carbons (Fsp3) is 0.556. The van der Waals surface area contributed by atoms with Gasteiger partial charge in [0.25, 0.3) is 11.8 Å². The Kier molecular flexibility index (Phi) is 4.68. The average molecular weight is 240 g/mol. The fourth-order valence-corrected chi connectivity index (χ4v) is 1.23. The van der Waals surface area contributed by atoms with Crippen LogP contribution in [0, 0.1) is 0 Å². The Balaban J connectivity index is 2.27. The predicted molar refractivity (Wildman–Crippen MR) is 58.2 cm³/mol. The molecule has 1 heterocycles. The van der Waals surface area contributed by atoms with E-state index in [9.17, 15) is 19.2 Å². The minimum atomic E-state index is -0.718. The quantitative estimate of drug-likeness (QED) is 0.449. The highest BCUT2D eigenvalue weighted by Crippen LogP contribution is 2.12. The molecule has 1 N–H and O–H groups in total. The third-order valence-electron chi connectivity index (χ3n) is 2.17. The zero-order chi connectivity index (χ0) is 12.8. The Labute approximate surface area is 98.8 Å². The molecule has 0 bridgehead atoms. The lowest BCUT2D eigenvalue weighted by atomic mass is 10.1. The minimum Gasteiger partial charge on any atom is -0.356 e. The second kappa shape index (κ2) is 6.02. The maximum atomic E-state index is 11.2. The Morgan fingerprint density at radius 3 is 2.41 bits per heavy atom. The zero-order valence-electron chi connectivity index (χ0n) is 9.52. The van der Waals surface area contributed by atoms with Crippen LogP contribution in [-0.4, -0.2) is 43.1 Å². The SMILES string of the molecule is BCC(=O)NCCC(=O)ON1C(=O)CCC1=O. The lowest BCUT2D eigenvalue weighted by Gasteiger charge is -2.12. The molecule has 1 rings (SSSR count). The van der Waals surface area contributed by atoms with Crippen molar-refractivity contribution < 1.29 is 24.0 Å². The van der Waals surface area contributed by atoms with Crippen LogP contribution in [0.5, 0.6) is 0 Å². The molecule has 0 aromatic carbocycles. The van der Waals surface area contributed by atoms with E-state index in [1.54, 1.807) is 7.85 Å². The molecule has 1 saturated heterocycles. The predicted octanol–water partition coefficient (Wildman–Crippen LogP) is -1.85. The molecule has 17 heavy (non-hydrogen) atoms. The number of carbonyl (C=O) groups excluding carboxylic acids is 4. The molecule has 0 spiro atoms. The maximum Gasteiger partial charge on any atom is 0.334 e. The van der Waals surface area contributed by atoms with Crippen molar-refractivity contribution in [3.05, 3.63) is 0 Å². The number of imide groups is 1. The summed E-state index contributed by atoms with van der Waals surface area (Å²) in [4.78, 5) is 48.9. The normalized spacial score (nSPS) is 14.9. The van der Waals surface area contributed by atoms with Gasteiger partial charge in [0, 0.05) is 19.4 Å². The van der Waals surface area contributed by atoms with Crippen molar-refractivity contribution in [3.63, 3.8) is 0 Å². The Hall–Kier alpha value is -1.86. The van der Waals surface area contributed by atoms with E-state index in [-0.39, 0.29) is 31.7 Å². The van der Waals surface area contributed by atoms with Crippen LogP contribution in [0.2, 0.25) is 6.32 Å². The summed E-state index contributed by atoms with van der Waals surface area (Å²) in [5.74, 6) is -1.92. The molecular weight excluding hydrogens is 227 g/mol. The topological polar surface area (TPSA) is 92.8 Å². The van der Waals surface area contributed by atoms with Crippen LogP contribution in [0.15, 0.2) is 0 Å². The second-order valence-electron chi connectivity index (χ2n) is 3.50. The van der Waals surface area contributed by atoms with Crippen molar-refractivity contribution in [2.24, 2.45) is 0 Å². The van der Waals surface area contributed by atoms with Gasteiger partial charge in [-0.2, -0.15) is 0 Å². The molecule has 0 aliphatic carbocycles. The smallest absolute Gasteiger partial charge is 0.334 e. The molecule has 0 atom stereocenters. The van der Waals surface area contributed by atoms with Gasteiger partial charge in [0.05, 0.1) is 6.42 Å². The van der Waals surface area contributed by atoms with E-state index >= 15 is 0 Å². The number of rotatable bonds is 5. The van der Waals surface area contributed by atoms with Crippen molar-refractivity contribution in [1.82, 2.24) is 10.4 Å². The number of carbonyl (C=O) groups is 4. The van der Waals surface area contributed by atoms with E-state index in [0.29, 0.717) is 11.4 Å². The van der Waals surface area contributed by atoms with E-state index < -0.39 is 17.8 Å². The Morgan fingerprint density at radius 2 is 1.88 bits per heavy atom. The van der Waals surface area contributed by atoms with Crippen molar-refractivity contribution in [2.45, 2.75) is 25.6 Å². The highest BCUT2D eigenvalue weighted by molar-refractivity contribution is 6.19. The summed E-state index contributed by atoms with van der Waals surface area (Å²) in [7, 11) is 1.69. The number of nitrogens with one attached hydrogen (secondary N) is 1. The molecule has 92 valence electrons. The van der Waals surface area contributed by atoms with E-state index in [0.717, 1.165) is 0 Å². The van der Waals surface area contributed by atoms with Crippen LogP contribution in [0.1, 0.15) is 19.3 Å². The first kappa shape index (κ1) is 13.2. The summed E-state index contributed by atoms with van der Waals surface area (Å²) in [5.41, 5.74) is 0. The Bertz CT molecular complexity index is 341. The molecule has 0 aromatic rings. The molecule has 1 aliphatic heterocycles. The third-order valence-corrected chi connectivity index (χ3v) is 2.17. The van der Waals surface area contributed by atoms with Gasteiger partial charge in [-0.1, -0.05) is 0 Å². The first-order valence-electron chi connectivity index (χ1n) is 5.38. The number of amides is 3. The molecule has 0 unspecified atom stereocenters. The summed E-state index contributed by atoms with van der Waals surface area (Å²) in [6, 6.07) is 0. The average Bonchev–Trinajstić information content (AvgIpc) is 2.60. The van der Waals surface area contributed by atoms with Crippen molar-refractivity contribution >= 4 is 31.5 Å². The summed E-state index contributed by atoms with van der Waals surface area (Å²) in [6.45, 7) is 0.127. The van der Waals surface area contributed by atoms with Crippen molar-refractivity contribution in [1.29, 1.82) is 0 Å². The Morgan fingerprint density at radius 1 is 1.29 bits per heavy atom. The van der Waals surface area contributed by atoms with Crippen LogP contribution >= 0.6 is 0 Å². The molecule has 0 aromatic heterocycles. The van der Waals surface area contributed by atoms with Crippen LogP contribution in [-0.2, 0) is 24.0 Å². The molecule has 1 aliphatic rings. The monoisotopic (exact) mass is 240 g/mol. The molecule has 8 heteroatoms.